The second-order valence-corrected chi connectivity index (χ2v) is 6.58. The summed E-state index contributed by atoms with van der Waals surface area (Å²) in [7, 11) is -3.49. The van der Waals surface area contributed by atoms with Crippen LogP contribution in [0.1, 0.15) is 16.7 Å². The van der Waals surface area contributed by atoms with Crippen molar-refractivity contribution < 1.29 is 8.42 Å². The van der Waals surface area contributed by atoms with Crippen LogP contribution in [0.25, 0.3) is 0 Å². The highest BCUT2D eigenvalue weighted by atomic mass is 32.2. The summed E-state index contributed by atoms with van der Waals surface area (Å²) < 4.78 is 26.5. The minimum absolute atomic E-state index is 0.0875. The highest BCUT2D eigenvalue weighted by Gasteiger charge is 2.11. The zero-order chi connectivity index (χ0) is 15.3. The van der Waals surface area contributed by atoms with Gasteiger partial charge in [0.05, 0.1) is 11.4 Å². The molecule has 0 spiro atoms. The molecule has 0 heterocycles. The van der Waals surface area contributed by atoms with Crippen molar-refractivity contribution in [1.82, 2.24) is 4.72 Å². The third kappa shape index (κ3) is 4.45. The van der Waals surface area contributed by atoms with Crippen molar-refractivity contribution in [2.75, 3.05) is 6.54 Å². The summed E-state index contributed by atoms with van der Waals surface area (Å²) in [4.78, 5) is 0.255. The molecule has 0 atom stereocenters. The Morgan fingerprint density at radius 1 is 1.00 bits per heavy atom. The zero-order valence-electron chi connectivity index (χ0n) is 12.1. The maximum Gasteiger partial charge on any atom is 0.241 e. The van der Waals surface area contributed by atoms with E-state index in [0.29, 0.717) is 0 Å². The standard InChI is InChI=1S/C17H17NO2S/c1-14-8-10-17(11-9-14)21(19,20)18-12-4-7-16-6-3-5-15(2)13-16/h3,5-6,8-11,13,18H,12H2,1-2H3. The van der Waals surface area contributed by atoms with Gasteiger partial charge in [-0.15, -0.1) is 0 Å². The first kappa shape index (κ1) is 15.3. The molecule has 0 saturated carbocycles. The Morgan fingerprint density at radius 3 is 2.38 bits per heavy atom. The molecule has 0 aliphatic heterocycles. The first-order chi connectivity index (χ1) is 9.97. The van der Waals surface area contributed by atoms with Gasteiger partial charge in [0.25, 0.3) is 0 Å². The van der Waals surface area contributed by atoms with Gasteiger partial charge in [0.15, 0.2) is 0 Å². The summed E-state index contributed by atoms with van der Waals surface area (Å²) in [6, 6.07) is 14.5. The third-order valence-electron chi connectivity index (χ3n) is 2.93. The van der Waals surface area contributed by atoms with Crippen molar-refractivity contribution >= 4 is 10.0 Å². The largest absolute Gasteiger partial charge is 0.241 e. The lowest BCUT2D eigenvalue weighted by atomic mass is 10.1. The Balaban J connectivity index is 2.02. The molecule has 0 aliphatic carbocycles. The second kappa shape index (κ2) is 6.57. The summed E-state index contributed by atoms with van der Waals surface area (Å²) in [5.74, 6) is 5.77. The zero-order valence-corrected chi connectivity index (χ0v) is 12.9. The number of hydrogen-bond acceptors (Lipinski definition) is 2. The van der Waals surface area contributed by atoms with E-state index in [0.717, 1.165) is 16.7 Å². The number of hydrogen-bond donors (Lipinski definition) is 1. The van der Waals surface area contributed by atoms with Crippen LogP contribution >= 0.6 is 0 Å². The Labute approximate surface area is 126 Å². The van der Waals surface area contributed by atoms with Crippen LogP contribution < -0.4 is 4.72 Å². The van der Waals surface area contributed by atoms with Crippen LogP contribution in [0.4, 0.5) is 0 Å². The number of sulfonamides is 1. The average molecular weight is 299 g/mol. The minimum atomic E-state index is -3.49. The van der Waals surface area contributed by atoms with Gasteiger partial charge >= 0.3 is 0 Å². The predicted octanol–water partition coefficient (Wildman–Crippen LogP) is 2.63. The monoisotopic (exact) mass is 299 g/mol. The second-order valence-electron chi connectivity index (χ2n) is 4.81. The highest BCUT2D eigenvalue weighted by Crippen LogP contribution is 2.09. The van der Waals surface area contributed by atoms with Gasteiger partial charge in [-0.3, -0.25) is 0 Å². The van der Waals surface area contributed by atoms with E-state index in [1.54, 1.807) is 24.3 Å². The fourth-order valence-electron chi connectivity index (χ4n) is 1.80. The Morgan fingerprint density at radius 2 is 1.71 bits per heavy atom. The lowest BCUT2D eigenvalue weighted by Crippen LogP contribution is -2.23. The van der Waals surface area contributed by atoms with E-state index >= 15 is 0 Å². The van der Waals surface area contributed by atoms with Crippen molar-refractivity contribution in [1.29, 1.82) is 0 Å². The molecule has 2 aromatic carbocycles. The van der Waals surface area contributed by atoms with Crippen LogP contribution in [0, 0.1) is 25.7 Å². The molecular formula is C17H17NO2S. The van der Waals surface area contributed by atoms with Gasteiger partial charge in [-0.05, 0) is 43.7 Å². The molecule has 0 saturated heterocycles. The van der Waals surface area contributed by atoms with Crippen LogP contribution in [0.3, 0.4) is 0 Å². The van der Waals surface area contributed by atoms with Gasteiger partial charge in [-0.25, -0.2) is 8.42 Å². The lowest BCUT2D eigenvalue weighted by Gasteiger charge is -2.03. The molecule has 0 radical (unpaired) electrons. The van der Waals surface area contributed by atoms with Gasteiger partial charge in [-0.2, -0.15) is 4.72 Å². The molecule has 0 unspecified atom stereocenters. The van der Waals surface area contributed by atoms with Gasteiger partial charge in [0, 0.05) is 5.56 Å². The van der Waals surface area contributed by atoms with Gasteiger partial charge in [-0.1, -0.05) is 41.7 Å². The molecule has 3 nitrogen and oxygen atoms in total. The average Bonchev–Trinajstić information content (AvgIpc) is 2.44. The molecule has 108 valence electrons. The summed E-state index contributed by atoms with van der Waals surface area (Å²) in [5.41, 5.74) is 3.03. The summed E-state index contributed by atoms with van der Waals surface area (Å²) >= 11 is 0. The third-order valence-corrected chi connectivity index (χ3v) is 4.35. The van der Waals surface area contributed by atoms with Gasteiger partial charge in [0.1, 0.15) is 0 Å². The van der Waals surface area contributed by atoms with Gasteiger partial charge in [0.2, 0.25) is 10.0 Å². The molecule has 2 rings (SSSR count). The number of benzene rings is 2. The van der Waals surface area contributed by atoms with E-state index in [1.165, 1.54) is 0 Å². The highest BCUT2D eigenvalue weighted by molar-refractivity contribution is 7.89. The van der Waals surface area contributed by atoms with Crippen LogP contribution in [0.15, 0.2) is 53.4 Å². The Hall–Kier alpha value is -2.09. The molecule has 0 bridgehead atoms. The van der Waals surface area contributed by atoms with Crippen molar-refractivity contribution in [3.8, 4) is 11.8 Å². The van der Waals surface area contributed by atoms with Gasteiger partial charge < -0.3 is 0 Å². The van der Waals surface area contributed by atoms with Crippen molar-refractivity contribution in [3.05, 3.63) is 65.2 Å². The van der Waals surface area contributed by atoms with Crippen molar-refractivity contribution in [2.45, 2.75) is 18.7 Å². The number of rotatable bonds is 3. The quantitative estimate of drug-likeness (QED) is 0.886. The maximum absolute atomic E-state index is 12.0. The molecule has 1 N–H and O–H groups in total. The lowest BCUT2D eigenvalue weighted by molar-refractivity contribution is 0.586. The number of nitrogens with one attached hydrogen (secondary N) is 1. The first-order valence-electron chi connectivity index (χ1n) is 6.59. The predicted molar refractivity (Wildman–Crippen MR) is 84.4 cm³/mol. The Bertz CT molecular complexity index is 782. The fourth-order valence-corrected chi connectivity index (χ4v) is 2.72. The molecule has 4 heteroatoms. The van der Waals surface area contributed by atoms with Crippen LogP contribution in [-0.2, 0) is 10.0 Å². The van der Waals surface area contributed by atoms with Crippen LogP contribution in [0.5, 0.6) is 0 Å². The fraction of sp³-hybridized carbons (Fsp3) is 0.176. The normalized spacial score (nSPS) is 10.8. The number of aryl methyl sites for hydroxylation is 2. The van der Waals surface area contributed by atoms with Crippen molar-refractivity contribution in [2.24, 2.45) is 0 Å². The molecule has 0 amide bonds. The topological polar surface area (TPSA) is 46.2 Å². The van der Waals surface area contributed by atoms with Crippen LogP contribution in [-0.4, -0.2) is 15.0 Å². The first-order valence-corrected chi connectivity index (χ1v) is 8.07. The van der Waals surface area contributed by atoms with Crippen LogP contribution in [0.2, 0.25) is 0 Å². The summed E-state index contributed by atoms with van der Waals surface area (Å²) in [5, 5.41) is 0. The van der Waals surface area contributed by atoms with E-state index < -0.39 is 10.0 Å². The molecule has 0 fully saturated rings. The maximum atomic E-state index is 12.0. The molecule has 0 aromatic heterocycles. The van der Waals surface area contributed by atoms with E-state index in [9.17, 15) is 8.42 Å². The van der Waals surface area contributed by atoms with E-state index in [-0.39, 0.29) is 11.4 Å². The minimum Gasteiger partial charge on any atom is -0.207 e. The SMILES string of the molecule is Cc1ccc(S(=O)(=O)NCC#Cc2cccc(C)c2)cc1. The molecule has 21 heavy (non-hydrogen) atoms. The Kier molecular flexibility index (Phi) is 4.79. The van der Waals surface area contributed by atoms with E-state index in [1.807, 2.05) is 38.1 Å². The molecule has 2 aromatic rings. The summed E-state index contributed by atoms with van der Waals surface area (Å²) in [6.45, 7) is 3.99. The molecule has 0 aliphatic rings. The van der Waals surface area contributed by atoms with Crippen molar-refractivity contribution in [3.63, 3.8) is 0 Å². The molecular weight excluding hydrogens is 282 g/mol. The summed E-state index contributed by atoms with van der Waals surface area (Å²) in [6.07, 6.45) is 0. The van der Waals surface area contributed by atoms with E-state index in [4.69, 9.17) is 0 Å². The smallest absolute Gasteiger partial charge is 0.207 e. The van der Waals surface area contributed by atoms with E-state index in [2.05, 4.69) is 16.6 Å².